The monoisotopic (exact) mass is 335 g/mol. The third-order valence-electron chi connectivity index (χ3n) is 5.49. The minimum absolute atomic E-state index is 0.0511. The summed E-state index contributed by atoms with van der Waals surface area (Å²) in [7, 11) is 0. The van der Waals surface area contributed by atoms with E-state index < -0.39 is 12.0 Å². The average molecular weight is 335 g/mol. The number of fused-ring (bicyclic) bond motifs is 2. The lowest BCUT2D eigenvalue weighted by molar-refractivity contribution is -0.144. The average Bonchev–Trinajstić information content (AvgIpc) is 2.97. The number of carboxylic acids is 1. The number of aromatic nitrogens is 1. The molecule has 1 fully saturated rings. The number of piperidine rings is 1. The molecule has 1 saturated heterocycles. The van der Waals surface area contributed by atoms with Crippen molar-refractivity contribution in [3.05, 3.63) is 65.4 Å². The molecule has 1 unspecified atom stereocenters. The number of nitrogen functional groups attached to an aromatic ring is 1. The summed E-state index contributed by atoms with van der Waals surface area (Å²) in [5.41, 5.74) is 9.01. The van der Waals surface area contributed by atoms with Gasteiger partial charge in [-0.25, -0.2) is 4.98 Å². The van der Waals surface area contributed by atoms with Gasteiger partial charge in [0.2, 0.25) is 0 Å². The third-order valence-corrected chi connectivity index (χ3v) is 5.49. The number of likely N-dealkylation sites (tertiary alicyclic amines) is 1. The van der Waals surface area contributed by atoms with E-state index in [1.54, 1.807) is 18.3 Å². The Labute approximate surface area is 146 Å². The van der Waals surface area contributed by atoms with Crippen LogP contribution in [0.3, 0.4) is 0 Å². The standard InChI is InChI=1S/C20H21N3O2/c21-17-6-5-15(13-22-17)18(19(24)25)23-11-9-20(10-12-23)8-7-14-3-1-2-4-16(14)20/h1-8,13,18H,9-12H2,(H2,21,22)(H,24,25). The molecule has 5 heteroatoms. The maximum atomic E-state index is 11.9. The zero-order valence-corrected chi connectivity index (χ0v) is 13.9. The molecule has 0 bridgehead atoms. The second-order valence-electron chi connectivity index (χ2n) is 6.87. The summed E-state index contributed by atoms with van der Waals surface area (Å²) in [6.07, 6.45) is 7.92. The first kappa shape index (κ1) is 15.8. The Morgan fingerprint density at radius 1 is 1.20 bits per heavy atom. The Bertz CT molecular complexity index is 821. The molecule has 1 aliphatic heterocycles. The summed E-state index contributed by atoms with van der Waals surface area (Å²) in [6, 6.07) is 11.2. The smallest absolute Gasteiger partial charge is 0.325 e. The van der Waals surface area contributed by atoms with Gasteiger partial charge in [0.15, 0.2) is 0 Å². The number of anilines is 1. The normalized spacial score (nSPS) is 19.7. The summed E-state index contributed by atoms with van der Waals surface area (Å²) < 4.78 is 0. The number of hydrogen-bond acceptors (Lipinski definition) is 4. The molecule has 0 amide bonds. The number of nitrogens with two attached hydrogens (primary N) is 1. The van der Waals surface area contributed by atoms with Crippen LogP contribution in [0, 0.1) is 0 Å². The molecular weight excluding hydrogens is 314 g/mol. The van der Waals surface area contributed by atoms with Crippen LogP contribution in [-0.4, -0.2) is 34.0 Å². The van der Waals surface area contributed by atoms with Crippen LogP contribution in [0.25, 0.3) is 6.08 Å². The summed E-state index contributed by atoms with van der Waals surface area (Å²) in [5, 5.41) is 9.75. The first-order valence-corrected chi connectivity index (χ1v) is 8.56. The second-order valence-corrected chi connectivity index (χ2v) is 6.87. The van der Waals surface area contributed by atoms with Crippen molar-refractivity contribution in [2.24, 2.45) is 0 Å². The Morgan fingerprint density at radius 3 is 2.64 bits per heavy atom. The Balaban J connectivity index is 1.56. The van der Waals surface area contributed by atoms with Crippen LogP contribution < -0.4 is 5.73 Å². The van der Waals surface area contributed by atoms with E-state index in [2.05, 4.69) is 41.4 Å². The largest absolute Gasteiger partial charge is 0.480 e. The summed E-state index contributed by atoms with van der Waals surface area (Å²) in [4.78, 5) is 18.0. The maximum absolute atomic E-state index is 11.9. The molecule has 1 atom stereocenters. The lowest BCUT2D eigenvalue weighted by Crippen LogP contribution is -2.44. The van der Waals surface area contributed by atoms with Gasteiger partial charge in [0.05, 0.1) is 0 Å². The third kappa shape index (κ3) is 2.70. The highest BCUT2D eigenvalue weighted by molar-refractivity contribution is 5.75. The Hall–Kier alpha value is -2.66. The van der Waals surface area contributed by atoms with E-state index in [1.807, 2.05) is 4.90 Å². The molecule has 128 valence electrons. The van der Waals surface area contributed by atoms with E-state index in [-0.39, 0.29) is 5.41 Å². The predicted octanol–water partition coefficient (Wildman–Crippen LogP) is 2.85. The van der Waals surface area contributed by atoms with E-state index in [0.29, 0.717) is 11.4 Å². The number of allylic oxidation sites excluding steroid dienone is 1. The molecule has 1 aromatic heterocycles. The van der Waals surface area contributed by atoms with Gasteiger partial charge in [-0.05, 0) is 35.6 Å². The zero-order chi connectivity index (χ0) is 17.4. The van der Waals surface area contributed by atoms with Crippen LogP contribution in [0.1, 0.15) is 35.6 Å². The highest BCUT2D eigenvalue weighted by Gasteiger charge is 2.40. The molecule has 2 aromatic rings. The first-order chi connectivity index (χ1) is 12.1. The van der Waals surface area contributed by atoms with Gasteiger partial charge in [-0.2, -0.15) is 0 Å². The van der Waals surface area contributed by atoms with E-state index >= 15 is 0 Å². The van der Waals surface area contributed by atoms with E-state index in [1.165, 1.54) is 11.1 Å². The summed E-state index contributed by atoms with van der Waals surface area (Å²) in [5.74, 6) is -0.442. The van der Waals surface area contributed by atoms with Crippen molar-refractivity contribution < 1.29 is 9.90 Å². The van der Waals surface area contributed by atoms with Crippen molar-refractivity contribution in [2.75, 3.05) is 18.8 Å². The molecule has 4 rings (SSSR count). The van der Waals surface area contributed by atoms with Gasteiger partial charge < -0.3 is 10.8 Å². The minimum Gasteiger partial charge on any atom is -0.480 e. The van der Waals surface area contributed by atoms with Crippen LogP contribution in [0.2, 0.25) is 0 Å². The number of carbonyl (C=O) groups is 1. The quantitative estimate of drug-likeness (QED) is 0.902. The predicted molar refractivity (Wildman–Crippen MR) is 97.0 cm³/mol. The molecule has 2 aliphatic rings. The van der Waals surface area contributed by atoms with Gasteiger partial charge in [-0.1, -0.05) is 42.5 Å². The van der Waals surface area contributed by atoms with Gasteiger partial charge in [0, 0.05) is 24.7 Å². The van der Waals surface area contributed by atoms with Crippen LogP contribution in [0.5, 0.6) is 0 Å². The number of pyridine rings is 1. The van der Waals surface area contributed by atoms with Gasteiger partial charge in [-0.3, -0.25) is 9.69 Å². The number of carboxylic acid groups (broad SMARTS) is 1. The van der Waals surface area contributed by atoms with Gasteiger partial charge in [0.1, 0.15) is 11.9 Å². The molecule has 0 radical (unpaired) electrons. The molecule has 25 heavy (non-hydrogen) atoms. The number of hydrogen-bond donors (Lipinski definition) is 2. The fourth-order valence-corrected chi connectivity index (χ4v) is 4.14. The van der Waals surface area contributed by atoms with Gasteiger partial charge in [-0.15, -0.1) is 0 Å². The van der Waals surface area contributed by atoms with Crippen molar-refractivity contribution in [1.82, 2.24) is 9.88 Å². The van der Waals surface area contributed by atoms with Crippen LogP contribution >= 0.6 is 0 Å². The molecule has 5 nitrogen and oxygen atoms in total. The molecule has 1 aromatic carbocycles. The van der Waals surface area contributed by atoms with Gasteiger partial charge in [0.25, 0.3) is 0 Å². The fraction of sp³-hybridized carbons (Fsp3) is 0.300. The minimum atomic E-state index is -0.843. The van der Waals surface area contributed by atoms with E-state index in [4.69, 9.17) is 5.73 Å². The molecule has 0 saturated carbocycles. The summed E-state index contributed by atoms with van der Waals surface area (Å²) in [6.45, 7) is 1.47. The van der Waals surface area contributed by atoms with Crippen molar-refractivity contribution >= 4 is 17.9 Å². The molecule has 3 N–H and O–H groups in total. The van der Waals surface area contributed by atoms with E-state index in [9.17, 15) is 9.90 Å². The van der Waals surface area contributed by atoms with Crippen molar-refractivity contribution in [1.29, 1.82) is 0 Å². The number of rotatable bonds is 3. The lowest BCUT2D eigenvalue weighted by Gasteiger charge is -2.41. The zero-order valence-electron chi connectivity index (χ0n) is 13.9. The van der Waals surface area contributed by atoms with Crippen LogP contribution in [-0.2, 0) is 10.2 Å². The first-order valence-electron chi connectivity index (χ1n) is 8.56. The number of aliphatic carboxylic acids is 1. The highest BCUT2D eigenvalue weighted by Crippen LogP contribution is 2.44. The SMILES string of the molecule is Nc1ccc(C(C(=O)O)N2CCC3(C=Cc4ccccc43)CC2)cn1. The Morgan fingerprint density at radius 2 is 1.96 bits per heavy atom. The molecule has 1 spiro atoms. The molecule has 2 heterocycles. The fourth-order valence-electron chi connectivity index (χ4n) is 4.14. The summed E-state index contributed by atoms with van der Waals surface area (Å²) >= 11 is 0. The highest BCUT2D eigenvalue weighted by atomic mass is 16.4. The number of nitrogens with zero attached hydrogens (tertiary/aromatic N) is 2. The molecular formula is C20H21N3O2. The van der Waals surface area contributed by atoms with Gasteiger partial charge >= 0.3 is 5.97 Å². The topological polar surface area (TPSA) is 79.5 Å². The lowest BCUT2D eigenvalue weighted by atomic mass is 9.74. The second kappa shape index (κ2) is 6.01. The maximum Gasteiger partial charge on any atom is 0.325 e. The van der Waals surface area contributed by atoms with Crippen molar-refractivity contribution in [3.8, 4) is 0 Å². The molecule has 1 aliphatic carbocycles. The van der Waals surface area contributed by atoms with Crippen molar-refractivity contribution in [3.63, 3.8) is 0 Å². The van der Waals surface area contributed by atoms with Crippen molar-refractivity contribution in [2.45, 2.75) is 24.3 Å². The van der Waals surface area contributed by atoms with Crippen LogP contribution in [0.15, 0.2) is 48.7 Å². The van der Waals surface area contributed by atoms with E-state index in [0.717, 1.165) is 25.9 Å². The Kier molecular flexibility index (Phi) is 3.81. The number of benzene rings is 1. The van der Waals surface area contributed by atoms with Crippen LogP contribution in [0.4, 0.5) is 5.82 Å².